The number of hydrogen-bond donors (Lipinski definition) is 0. The van der Waals surface area contributed by atoms with E-state index in [0.717, 1.165) is 5.71 Å². The van der Waals surface area contributed by atoms with E-state index in [9.17, 15) is 0 Å². The predicted molar refractivity (Wildman–Crippen MR) is 46.9 cm³/mol. The highest BCUT2D eigenvalue weighted by atomic mass is 15.1. The fourth-order valence-electron chi connectivity index (χ4n) is 0.676. The van der Waals surface area contributed by atoms with Crippen LogP contribution in [-0.2, 0) is 0 Å². The monoisotopic (exact) mass is 154 g/mol. The van der Waals surface area contributed by atoms with Crippen LogP contribution >= 0.6 is 0 Å². The Hall–Kier alpha value is -1.02. The summed E-state index contributed by atoms with van der Waals surface area (Å²) < 4.78 is 0. The van der Waals surface area contributed by atoms with Crippen molar-refractivity contribution in [3.63, 3.8) is 0 Å². The maximum absolute atomic E-state index is 8.12. The quantitative estimate of drug-likeness (QED) is 0.259. The highest BCUT2D eigenvalue weighted by molar-refractivity contribution is 5.87. The van der Waals surface area contributed by atoms with Crippen molar-refractivity contribution in [1.82, 2.24) is 0 Å². The van der Waals surface area contributed by atoms with Crippen LogP contribution in [0.3, 0.4) is 0 Å². The average Bonchev–Trinajstić information content (AvgIpc) is 1.86. The first kappa shape index (κ1) is 9.98. The molecular weight excluding hydrogens is 140 g/mol. The zero-order valence-electron chi connectivity index (χ0n) is 7.44. The zero-order valence-corrected chi connectivity index (χ0v) is 7.44. The van der Waals surface area contributed by atoms with Crippen molar-refractivity contribution in [2.24, 2.45) is 10.1 Å². The zero-order chi connectivity index (χ0) is 8.85. The van der Waals surface area contributed by atoms with Gasteiger partial charge in [-0.15, -0.1) is 0 Å². The van der Waals surface area contributed by atoms with Crippen LogP contribution in [0.25, 0.3) is 10.4 Å². The molecule has 1 atom stereocenters. The smallest absolute Gasteiger partial charge is 0.0723 e. The van der Waals surface area contributed by atoms with Crippen LogP contribution < -0.4 is 0 Å². The Kier molecular flexibility index (Phi) is 4.30. The van der Waals surface area contributed by atoms with Crippen LogP contribution in [-0.4, -0.2) is 17.8 Å². The molecule has 0 rings (SSSR count). The number of aliphatic imine (C=N–C) groups is 1. The summed E-state index contributed by atoms with van der Waals surface area (Å²) in [7, 11) is 0. The van der Waals surface area contributed by atoms with E-state index in [1.807, 2.05) is 27.7 Å². The van der Waals surface area contributed by atoms with Crippen LogP contribution in [0.2, 0.25) is 0 Å². The Bertz CT molecular complexity index is 189. The Balaban J connectivity index is 4.22. The third-order valence-electron chi connectivity index (χ3n) is 1.29. The molecule has 0 saturated heterocycles. The summed E-state index contributed by atoms with van der Waals surface area (Å²) in [6, 6.07) is 0.147. The van der Waals surface area contributed by atoms with E-state index < -0.39 is 0 Å². The van der Waals surface area contributed by atoms with Crippen molar-refractivity contribution < 1.29 is 0 Å². The third-order valence-corrected chi connectivity index (χ3v) is 1.29. The summed E-state index contributed by atoms with van der Waals surface area (Å²) in [6.45, 7) is 7.69. The van der Waals surface area contributed by atoms with Crippen LogP contribution in [0, 0.1) is 0 Å². The van der Waals surface area contributed by atoms with E-state index in [0.29, 0.717) is 0 Å². The van der Waals surface area contributed by atoms with Gasteiger partial charge in [0.1, 0.15) is 0 Å². The van der Waals surface area contributed by atoms with Gasteiger partial charge in [-0.25, -0.2) is 0 Å². The number of azide groups is 1. The SMILES string of the molecule is CC(=NC(C)C)C(C)N=[N+]=[N-]. The molecule has 4 heteroatoms. The van der Waals surface area contributed by atoms with Crippen LogP contribution in [0.5, 0.6) is 0 Å². The minimum Gasteiger partial charge on any atom is -0.291 e. The summed E-state index contributed by atoms with van der Waals surface area (Å²) in [4.78, 5) is 6.96. The van der Waals surface area contributed by atoms with Crippen molar-refractivity contribution in [1.29, 1.82) is 0 Å². The maximum atomic E-state index is 8.12. The molecule has 4 nitrogen and oxygen atoms in total. The standard InChI is InChI=1S/C7H14N4/c1-5(2)9-6(3)7(4)10-11-8/h5,7H,1-4H3. The summed E-state index contributed by atoms with van der Waals surface area (Å²) in [6.07, 6.45) is 0. The van der Waals surface area contributed by atoms with Gasteiger partial charge in [0, 0.05) is 16.7 Å². The van der Waals surface area contributed by atoms with E-state index in [4.69, 9.17) is 5.53 Å². The van der Waals surface area contributed by atoms with Crippen LogP contribution in [0.15, 0.2) is 10.1 Å². The molecule has 62 valence electrons. The topological polar surface area (TPSA) is 61.1 Å². The van der Waals surface area contributed by atoms with E-state index in [1.54, 1.807) is 0 Å². The van der Waals surface area contributed by atoms with Gasteiger partial charge in [-0.05, 0) is 26.3 Å². The second-order valence-corrected chi connectivity index (χ2v) is 2.75. The van der Waals surface area contributed by atoms with Gasteiger partial charge in [0.05, 0.1) is 6.04 Å². The highest BCUT2D eigenvalue weighted by Gasteiger charge is 2.01. The Morgan fingerprint density at radius 3 is 2.27 bits per heavy atom. The van der Waals surface area contributed by atoms with Gasteiger partial charge < -0.3 is 0 Å². The molecule has 0 aliphatic rings. The largest absolute Gasteiger partial charge is 0.291 e. The normalized spacial score (nSPS) is 14.5. The van der Waals surface area contributed by atoms with E-state index in [-0.39, 0.29) is 12.1 Å². The summed E-state index contributed by atoms with van der Waals surface area (Å²) >= 11 is 0. The molecule has 0 aliphatic carbocycles. The molecule has 0 aromatic heterocycles. The van der Waals surface area contributed by atoms with E-state index in [1.165, 1.54) is 0 Å². The lowest BCUT2D eigenvalue weighted by atomic mass is 10.2. The predicted octanol–water partition coefficient (Wildman–Crippen LogP) is 2.55. The Morgan fingerprint density at radius 2 is 1.91 bits per heavy atom. The van der Waals surface area contributed by atoms with Gasteiger partial charge in [-0.2, -0.15) is 0 Å². The molecule has 0 fully saturated rings. The second kappa shape index (κ2) is 4.74. The van der Waals surface area contributed by atoms with Crippen molar-refractivity contribution in [2.45, 2.75) is 39.8 Å². The molecule has 0 N–H and O–H groups in total. The van der Waals surface area contributed by atoms with Crippen molar-refractivity contribution >= 4 is 5.71 Å². The molecule has 1 unspecified atom stereocenters. The van der Waals surface area contributed by atoms with Gasteiger partial charge in [0.15, 0.2) is 0 Å². The molecular formula is C7H14N4. The molecule has 0 aromatic carbocycles. The van der Waals surface area contributed by atoms with Crippen molar-refractivity contribution in [3.05, 3.63) is 10.4 Å². The number of hydrogen-bond acceptors (Lipinski definition) is 2. The third kappa shape index (κ3) is 4.39. The number of rotatable bonds is 3. The lowest BCUT2D eigenvalue weighted by Crippen LogP contribution is -2.11. The molecule has 0 radical (unpaired) electrons. The van der Waals surface area contributed by atoms with Crippen molar-refractivity contribution in [3.8, 4) is 0 Å². The molecule has 0 bridgehead atoms. The number of nitrogens with zero attached hydrogens (tertiary/aromatic N) is 4. The Morgan fingerprint density at radius 1 is 1.36 bits per heavy atom. The van der Waals surface area contributed by atoms with Gasteiger partial charge in [0.25, 0.3) is 0 Å². The fraction of sp³-hybridized carbons (Fsp3) is 0.857. The lowest BCUT2D eigenvalue weighted by Gasteiger charge is -2.05. The fourth-order valence-corrected chi connectivity index (χ4v) is 0.676. The summed E-state index contributed by atoms with van der Waals surface area (Å²) in [5.41, 5.74) is 9.01. The molecule has 0 amide bonds. The first-order valence-corrected chi connectivity index (χ1v) is 3.66. The van der Waals surface area contributed by atoms with E-state index in [2.05, 4.69) is 15.0 Å². The van der Waals surface area contributed by atoms with Gasteiger partial charge >= 0.3 is 0 Å². The summed E-state index contributed by atoms with van der Waals surface area (Å²) in [5.74, 6) is 0. The molecule has 0 aliphatic heterocycles. The van der Waals surface area contributed by atoms with Gasteiger partial charge in [-0.3, -0.25) is 4.99 Å². The highest BCUT2D eigenvalue weighted by Crippen LogP contribution is 1.97. The lowest BCUT2D eigenvalue weighted by molar-refractivity contribution is 0.814. The molecule has 0 saturated carbocycles. The second-order valence-electron chi connectivity index (χ2n) is 2.75. The van der Waals surface area contributed by atoms with E-state index >= 15 is 0 Å². The maximum Gasteiger partial charge on any atom is 0.0723 e. The Labute approximate surface area is 67.0 Å². The molecule has 0 aromatic rings. The molecule has 11 heavy (non-hydrogen) atoms. The molecule has 0 heterocycles. The van der Waals surface area contributed by atoms with Crippen LogP contribution in [0.4, 0.5) is 0 Å². The van der Waals surface area contributed by atoms with Crippen LogP contribution in [0.1, 0.15) is 27.7 Å². The van der Waals surface area contributed by atoms with Crippen molar-refractivity contribution in [2.75, 3.05) is 0 Å². The minimum absolute atomic E-state index is 0.123. The first-order chi connectivity index (χ1) is 5.07. The minimum atomic E-state index is -0.123. The van der Waals surface area contributed by atoms with Gasteiger partial charge in [-0.1, -0.05) is 12.0 Å². The summed E-state index contributed by atoms with van der Waals surface area (Å²) in [5, 5.41) is 3.53. The molecule has 0 spiro atoms. The van der Waals surface area contributed by atoms with Gasteiger partial charge in [0.2, 0.25) is 0 Å². The average molecular weight is 154 g/mol. The first-order valence-electron chi connectivity index (χ1n) is 3.66.